The van der Waals surface area contributed by atoms with E-state index in [0.29, 0.717) is 11.8 Å². The molecule has 4 rings (SSSR count). The molecule has 0 heterocycles. The number of carbonyl (C=O) groups excluding carboxylic acids is 1. The lowest BCUT2D eigenvalue weighted by molar-refractivity contribution is -0.777. The second-order valence-corrected chi connectivity index (χ2v) is 8.40. The fourth-order valence-corrected chi connectivity index (χ4v) is 5.73. The third kappa shape index (κ3) is 3.11. The van der Waals surface area contributed by atoms with Crippen molar-refractivity contribution < 1.29 is 32.9 Å². The lowest BCUT2D eigenvalue weighted by Crippen LogP contribution is -2.53. The van der Waals surface area contributed by atoms with Gasteiger partial charge < -0.3 is 9.99 Å². The number of esters is 1. The molecule has 0 N–H and O–H groups in total. The molecule has 0 aromatic rings. The van der Waals surface area contributed by atoms with Crippen molar-refractivity contribution in [3.63, 3.8) is 0 Å². The Morgan fingerprint density at radius 2 is 1.95 bits per heavy atom. The second kappa shape index (κ2) is 5.58. The first kappa shape index (κ1) is 16.4. The van der Waals surface area contributed by atoms with Crippen LogP contribution < -0.4 is 5.26 Å². The van der Waals surface area contributed by atoms with Crippen molar-refractivity contribution in [2.24, 2.45) is 22.7 Å². The van der Waals surface area contributed by atoms with Crippen molar-refractivity contribution in [2.45, 2.75) is 50.7 Å². The Kier molecular flexibility index (Phi) is 4.16. The molecule has 126 valence electrons. The lowest BCUT2D eigenvalue weighted by Gasteiger charge is -2.61. The molecule has 8 heteroatoms. The van der Waals surface area contributed by atoms with E-state index in [1.54, 1.807) is 0 Å². The van der Waals surface area contributed by atoms with E-state index in [1.807, 2.05) is 0 Å². The molecule has 4 saturated carbocycles. The van der Waals surface area contributed by atoms with Crippen LogP contribution in [0, 0.1) is 22.7 Å². The van der Waals surface area contributed by atoms with Crippen LogP contribution in [0.3, 0.4) is 0 Å². The zero-order valence-corrected chi connectivity index (χ0v) is 13.1. The van der Waals surface area contributed by atoms with Gasteiger partial charge in [-0.2, -0.15) is 13.1 Å². The van der Waals surface area contributed by atoms with Gasteiger partial charge in [-0.25, -0.2) is 4.79 Å². The topological polar surface area (TPSA) is 67.8 Å². The maximum absolute atomic E-state index is 13.4. The molecule has 0 aliphatic heterocycles. The first-order chi connectivity index (χ1) is 10.3. The number of halogens is 2. The van der Waals surface area contributed by atoms with E-state index >= 15 is 0 Å². The second-order valence-electron chi connectivity index (χ2n) is 7.58. The summed E-state index contributed by atoms with van der Waals surface area (Å²) >= 11 is -0.640. The van der Waals surface area contributed by atoms with Crippen LogP contribution in [0.1, 0.15) is 45.4 Å². The minimum Gasteiger partial charge on any atom is -0.691 e. The van der Waals surface area contributed by atoms with Gasteiger partial charge in [0.25, 0.3) is 0 Å². The van der Waals surface area contributed by atoms with Crippen molar-refractivity contribution in [2.75, 3.05) is 6.61 Å². The quantitative estimate of drug-likeness (QED) is 0.321. The highest BCUT2D eigenvalue weighted by atomic mass is 32.2. The van der Waals surface area contributed by atoms with Crippen molar-refractivity contribution in [3.05, 3.63) is 0 Å². The average molecular weight is 337 g/mol. The number of hydrogen-bond donors (Lipinski definition) is 0. The Hall–Kier alpha value is -0.440. The van der Waals surface area contributed by atoms with E-state index in [1.165, 1.54) is 19.3 Å². The number of ether oxygens (including phenoxy) is 1. The number of carbonyl (C=O) groups is 1. The Morgan fingerprint density at radius 3 is 2.50 bits per heavy atom. The molecule has 0 saturated heterocycles. The predicted molar refractivity (Wildman–Crippen MR) is 70.9 cm³/mol. The van der Waals surface area contributed by atoms with Crippen LogP contribution in [0.2, 0.25) is 0 Å². The Balaban J connectivity index is 1.60. The number of hydrogen-bond acceptors (Lipinski definition) is 6. The summed E-state index contributed by atoms with van der Waals surface area (Å²) in [6.45, 7) is 2.27. The van der Waals surface area contributed by atoms with Crippen LogP contribution >= 0.6 is 12.0 Å². The summed E-state index contributed by atoms with van der Waals surface area (Å²) in [6.07, 6.45) is 6.43. The van der Waals surface area contributed by atoms with Crippen LogP contribution in [-0.2, 0) is 18.9 Å². The van der Waals surface area contributed by atoms with Gasteiger partial charge in [-0.15, -0.1) is 0 Å². The summed E-state index contributed by atoms with van der Waals surface area (Å²) < 4.78 is 35.2. The first-order valence-corrected chi connectivity index (χ1v) is 8.19. The summed E-state index contributed by atoms with van der Waals surface area (Å²) in [6, 6.07) is 0. The van der Waals surface area contributed by atoms with Crippen molar-refractivity contribution in [1.82, 2.24) is 0 Å². The highest BCUT2D eigenvalue weighted by molar-refractivity contribution is 7.96. The van der Waals surface area contributed by atoms with E-state index in [4.69, 9.17) is 4.74 Å². The molecular formula is C14H19F2O5S-. The van der Waals surface area contributed by atoms with Crippen LogP contribution in [0.25, 0.3) is 0 Å². The maximum Gasteiger partial charge on any atom is 0.415 e. The molecular weight excluding hydrogens is 318 g/mol. The van der Waals surface area contributed by atoms with E-state index in [2.05, 4.69) is 16.3 Å². The minimum atomic E-state index is -3.95. The van der Waals surface area contributed by atoms with Gasteiger partial charge in [0, 0.05) is 5.41 Å². The fraction of sp³-hybridized carbons (Fsp3) is 0.929. The summed E-state index contributed by atoms with van der Waals surface area (Å²) in [5, 5.41) is 8.49. The maximum atomic E-state index is 13.4. The third-order valence-electron chi connectivity index (χ3n) is 5.39. The molecule has 2 unspecified atom stereocenters. The standard InChI is InChI=1S/C14H20F2O5S/c1-12-3-9-2-10(4-12)6-13(5-9,7-12)8-19-11(17)14(15,16)22-21-20-18/h9-10,18H,2-8H2,1H3/p-1. The largest absolute Gasteiger partial charge is 0.691 e. The van der Waals surface area contributed by atoms with Crippen molar-refractivity contribution >= 4 is 18.0 Å². The molecule has 0 aromatic carbocycles. The van der Waals surface area contributed by atoms with Gasteiger partial charge in [-0.1, -0.05) is 6.92 Å². The van der Waals surface area contributed by atoms with Gasteiger partial charge in [-0.3, -0.25) is 5.04 Å². The van der Waals surface area contributed by atoms with Gasteiger partial charge >= 0.3 is 11.2 Å². The summed E-state index contributed by atoms with van der Waals surface area (Å²) in [5.74, 6) is -0.440. The van der Waals surface area contributed by atoms with Crippen molar-refractivity contribution in [1.29, 1.82) is 0 Å². The SMILES string of the molecule is CC12CC3CC(C1)CC(COC(=O)C(F)(F)SOO[O-])(C3)C2. The smallest absolute Gasteiger partial charge is 0.415 e. The molecule has 0 spiro atoms. The normalized spacial score (nSPS) is 40.0. The molecule has 0 amide bonds. The Morgan fingerprint density at radius 1 is 1.32 bits per heavy atom. The Labute approximate surface area is 131 Å². The third-order valence-corrected chi connectivity index (χ3v) is 5.89. The monoisotopic (exact) mass is 337 g/mol. The van der Waals surface area contributed by atoms with Crippen molar-refractivity contribution in [3.8, 4) is 0 Å². The lowest BCUT2D eigenvalue weighted by atomic mass is 9.45. The summed E-state index contributed by atoms with van der Waals surface area (Å²) in [4.78, 5) is 11.5. The highest BCUT2D eigenvalue weighted by Crippen LogP contribution is 2.65. The zero-order valence-electron chi connectivity index (χ0n) is 12.3. The molecule has 4 fully saturated rings. The molecule has 4 bridgehead atoms. The number of alkyl halides is 2. The molecule has 4 aliphatic rings. The van der Waals surface area contributed by atoms with Crippen LogP contribution in [0.4, 0.5) is 8.78 Å². The zero-order chi connectivity index (χ0) is 16.0. The molecule has 0 radical (unpaired) electrons. The van der Waals surface area contributed by atoms with Crippen LogP contribution in [0.15, 0.2) is 0 Å². The molecule has 4 aliphatic carbocycles. The minimum absolute atomic E-state index is 0.0167. The van der Waals surface area contributed by atoms with Gasteiger partial charge in [-0.05, 0) is 55.8 Å². The van der Waals surface area contributed by atoms with Crippen LogP contribution in [0.5, 0.6) is 0 Å². The van der Waals surface area contributed by atoms with Gasteiger partial charge in [0.05, 0.1) is 6.61 Å². The first-order valence-electron chi connectivity index (χ1n) is 7.45. The van der Waals surface area contributed by atoms with Crippen LogP contribution in [-0.4, -0.2) is 17.8 Å². The molecule has 5 nitrogen and oxygen atoms in total. The van der Waals surface area contributed by atoms with E-state index in [0.717, 1.165) is 19.3 Å². The van der Waals surface area contributed by atoms with Gasteiger partial charge in [0.2, 0.25) is 0 Å². The fourth-order valence-electron chi connectivity index (χ4n) is 5.49. The molecule has 22 heavy (non-hydrogen) atoms. The summed E-state index contributed by atoms with van der Waals surface area (Å²) in [5.41, 5.74) is 0.0956. The average Bonchev–Trinajstić information content (AvgIpc) is 2.40. The summed E-state index contributed by atoms with van der Waals surface area (Å²) in [7, 11) is 0. The highest BCUT2D eigenvalue weighted by Gasteiger charge is 2.56. The van der Waals surface area contributed by atoms with Gasteiger partial charge in [0.1, 0.15) is 12.0 Å². The van der Waals surface area contributed by atoms with E-state index in [9.17, 15) is 18.8 Å². The molecule has 0 aromatic heterocycles. The van der Waals surface area contributed by atoms with Gasteiger partial charge in [0.15, 0.2) is 0 Å². The van der Waals surface area contributed by atoms with E-state index in [-0.39, 0.29) is 17.4 Å². The number of rotatable bonds is 6. The predicted octanol–water partition coefficient (Wildman–Crippen LogP) is 2.60. The van der Waals surface area contributed by atoms with E-state index < -0.39 is 23.3 Å². The molecule has 2 atom stereocenters. The Bertz CT molecular complexity index is 445.